The van der Waals surface area contributed by atoms with Crippen LogP contribution in [-0.4, -0.2) is 35.1 Å². The van der Waals surface area contributed by atoms with E-state index in [-0.39, 0.29) is 5.91 Å². The first-order valence-corrected chi connectivity index (χ1v) is 6.98. The number of hydrogen-bond acceptors (Lipinski definition) is 2. The lowest BCUT2D eigenvalue weighted by Gasteiger charge is -2.30. The predicted molar refractivity (Wildman–Crippen MR) is 76.9 cm³/mol. The van der Waals surface area contributed by atoms with Crippen LogP contribution in [0.15, 0.2) is 24.3 Å². The quantitative estimate of drug-likeness (QED) is 0.891. The number of carbonyl (C=O) groups is 2. The molecule has 0 spiro atoms. The van der Waals surface area contributed by atoms with Crippen LogP contribution >= 0.6 is 0 Å². The van der Waals surface area contributed by atoms with Gasteiger partial charge >= 0.3 is 6.09 Å². The Bertz CT molecular complexity index is 494. The molecule has 0 saturated carbocycles. The molecule has 0 radical (unpaired) electrons. The molecule has 0 atom stereocenters. The molecule has 108 valence electrons. The molecule has 5 heteroatoms. The Hall–Kier alpha value is -2.04. The van der Waals surface area contributed by atoms with Crippen LogP contribution in [0.1, 0.15) is 37.7 Å². The summed E-state index contributed by atoms with van der Waals surface area (Å²) in [6.07, 6.45) is 1.28. The number of carboxylic acid groups (broad SMARTS) is 1. The van der Waals surface area contributed by atoms with Crippen molar-refractivity contribution in [3.8, 4) is 0 Å². The maximum atomic E-state index is 11.4. The summed E-state index contributed by atoms with van der Waals surface area (Å²) >= 11 is 0. The molecule has 5 nitrogen and oxygen atoms in total. The molecule has 20 heavy (non-hydrogen) atoms. The molecular weight excluding hydrogens is 256 g/mol. The smallest absolute Gasteiger partial charge is 0.407 e. The first-order valence-electron chi connectivity index (χ1n) is 6.98. The summed E-state index contributed by atoms with van der Waals surface area (Å²) in [5.74, 6) is 0.368. The highest BCUT2D eigenvalue weighted by Crippen LogP contribution is 2.29. The van der Waals surface area contributed by atoms with E-state index < -0.39 is 6.09 Å². The number of benzene rings is 1. The SMILES string of the molecule is CCC(=O)Nc1cccc(C2CCN(C(=O)O)CC2)c1. The van der Waals surface area contributed by atoms with Gasteiger partial charge in [-0.1, -0.05) is 19.1 Å². The number of nitrogens with zero attached hydrogens (tertiary/aromatic N) is 1. The van der Waals surface area contributed by atoms with Gasteiger partial charge in [0.2, 0.25) is 5.91 Å². The zero-order valence-corrected chi connectivity index (χ0v) is 11.6. The fourth-order valence-electron chi connectivity index (χ4n) is 2.52. The van der Waals surface area contributed by atoms with Crippen molar-refractivity contribution in [2.75, 3.05) is 18.4 Å². The third-order valence-electron chi connectivity index (χ3n) is 3.73. The second kappa shape index (κ2) is 6.41. The van der Waals surface area contributed by atoms with Crippen LogP contribution in [0.3, 0.4) is 0 Å². The van der Waals surface area contributed by atoms with Crippen molar-refractivity contribution in [2.45, 2.75) is 32.1 Å². The monoisotopic (exact) mass is 276 g/mol. The average molecular weight is 276 g/mol. The summed E-state index contributed by atoms with van der Waals surface area (Å²) < 4.78 is 0. The highest BCUT2D eigenvalue weighted by Gasteiger charge is 2.23. The number of nitrogens with one attached hydrogen (secondary N) is 1. The Kier molecular flexibility index (Phi) is 4.61. The van der Waals surface area contributed by atoms with Crippen molar-refractivity contribution in [1.29, 1.82) is 0 Å². The van der Waals surface area contributed by atoms with Crippen molar-refractivity contribution in [3.05, 3.63) is 29.8 Å². The summed E-state index contributed by atoms with van der Waals surface area (Å²) in [6, 6.07) is 7.85. The molecule has 1 aromatic carbocycles. The van der Waals surface area contributed by atoms with Gasteiger partial charge in [0, 0.05) is 25.2 Å². The van der Waals surface area contributed by atoms with Crippen LogP contribution in [-0.2, 0) is 4.79 Å². The van der Waals surface area contributed by atoms with E-state index in [0.717, 1.165) is 18.5 Å². The van der Waals surface area contributed by atoms with Gasteiger partial charge in [-0.3, -0.25) is 4.79 Å². The van der Waals surface area contributed by atoms with Gasteiger partial charge in [0.05, 0.1) is 0 Å². The Balaban J connectivity index is 2.01. The molecule has 0 aromatic heterocycles. The van der Waals surface area contributed by atoms with Crippen molar-refractivity contribution < 1.29 is 14.7 Å². The van der Waals surface area contributed by atoms with Gasteiger partial charge in [0.25, 0.3) is 0 Å². The van der Waals surface area contributed by atoms with Gasteiger partial charge in [-0.15, -0.1) is 0 Å². The number of piperidine rings is 1. The second-order valence-corrected chi connectivity index (χ2v) is 5.07. The first-order chi connectivity index (χ1) is 9.60. The summed E-state index contributed by atoms with van der Waals surface area (Å²) in [5, 5.41) is 11.8. The Morgan fingerprint density at radius 2 is 2.05 bits per heavy atom. The standard InChI is InChI=1S/C15H20N2O3/c1-2-14(18)16-13-5-3-4-12(10-13)11-6-8-17(9-7-11)15(19)20/h3-5,10-11H,2,6-9H2,1H3,(H,16,18)(H,19,20). The number of amides is 2. The van der Waals surface area contributed by atoms with E-state index >= 15 is 0 Å². The van der Waals surface area contributed by atoms with E-state index in [1.54, 1.807) is 0 Å². The molecule has 2 rings (SSSR count). The minimum absolute atomic E-state index is 0.00264. The summed E-state index contributed by atoms with van der Waals surface area (Å²) in [4.78, 5) is 23.7. The molecule has 1 aromatic rings. The lowest BCUT2D eigenvalue weighted by Crippen LogP contribution is -2.36. The third kappa shape index (κ3) is 3.50. The molecule has 1 aliphatic heterocycles. The van der Waals surface area contributed by atoms with E-state index in [2.05, 4.69) is 5.32 Å². The molecule has 2 N–H and O–H groups in total. The van der Waals surface area contributed by atoms with Crippen LogP contribution in [0.5, 0.6) is 0 Å². The lowest BCUT2D eigenvalue weighted by atomic mass is 9.89. The minimum Gasteiger partial charge on any atom is -0.465 e. The Morgan fingerprint density at radius 1 is 1.35 bits per heavy atom. The number of rotatable bonds is 3. The van der Waals surface area contributed by atoms with Gasteiger partial charge in [0.1, 0.15) is 0 Å². The Labute approximate surface area is 118 Å². The molecule has 2 amide bonds. The maximum Gasteiger partial charge on any atom is 0.407 e. The lowest BCUT2D eigenvalue weighted by molar-refractivity contribution is -0.115. The van der Waals surface area contributed by atoms with Crippen molar-refractivity contribution in [3.63, 3.8) is 0 Å². The normalized spacial score (nSPS) is 15.9. The van der Waals surface area contributed by atoms with Crippen LogP contribution in [0, 0.1) is 0 Å². The average Bonchev–Trinajstić information content (AvgIpc) is 2.47. The highest BCUT2D eigenvalue weighted by molar-refractivity contribution is 5.90. The maximum absolute atomic E-state index is 11.4. The van der Waals surface area contributed by atoms with E-state index in [9.17, 15) is 9.59 Å². The van der Waals surface area contributed by atoms with Crippen molar-refractivity contribution in [2.24, 2.45) is 0 Å². The molecular formula is C15H20N2O3. The van der Waals surface area contributed by atoms with Gasteiger partial charge in [-0.25, -0.2) is 4.79 Å². The molecule has 1 heterocycles. The van der Waals surface area contributed by atoms with Gasteiger partial charge < -0.3 is 15.3 Å². The van der Waals surface area contributed by atoms with Crippen LogP contribution in [0.25, 0.3) is 0 Å². The summed E-state index contributed by atoms with van der Waals surface area (Å²) in [7, 11) is 0. The van der Waals surface area contributed by atoms with Crippen LogP contribution in [0.2, 0.25) is 0 Å². The topological polar surface area (TPSA) is 69.6 Å². The molecule has 0 bridgehead atoms. The molecule has 1 fully saturated rings. The molecule has 0 aliphatic carbocycles. The second-order valence-electron chi connectivity index (χ2n) is 5.07. The van der Waals surface area contributed by atoms with Gasteiger partial charge in [-0.05, 0) is 36.5 Å². The van der Waals surface area contributed by atoms with E-state index in [1.165, 1.54) is 10.5 Å². The number of likely N-dealkylation sites (tertiary alicyclic amines) is 1. The summed E-state index contributed by atoms with van der Waals surface area (Å²) in [6.45, 7) is 2.97. The largest absolute Gasteiger partial charge is 0.465 e. The van der Waals surface area contributed by atoms with Crippen LogP contribution in [0.4, 0.5) is 10.5 Å². The molecule has 1 saturated heterocycles. The highest BCUT2D eigenvalue weighted by atomic mass is 16.4. The third-order valence-corrected chi connectivity index (χ3v) is 3.73. The first kappa shape index (κ1) is 14.4. The van der Waals surface area contributed by atoms with Gasteiger partial charge in [-0.2, -0.15) is 0 Å². The fourth-order valence-corrected chi connectivity index (χ4v) is 2.52. The van der Waals surface area contributed by atoms with Crippen molar-refractivity contribution >= 4 is 17.7 Å². The molecule has 1 aliphatic rings. The minimum atomic E-state index is -0.840. The predicted octanol–water partition coefficient (Wildman–Crippen LogP) is 2.89. The fraction of sp³-hybridized carbons (Fsp3) is 0.467. The Morgan fingerprint density at radius 3 is 2.65 bits per heavy atom. The van der Waals surface area contributed by atoms with Crippen molar-refractivity contribution in [1.82, 2.24) is 4.90 Å². The zero-order valence-electron chi connectivity index (χ0n) is 11.6. The van der Waals surface area contributed by atoms with E-state index in [1.807, 2.05) is 31.2 Å². The van der Waals surface area contributed by atoms with E-state index in [4.69, 9.17) is 5.11 Å². The van der Waals surface area contributed by atoms with Gasteiger partial charge in [0.15, 0.2) is 0 Å². The molecule has 0 unspecified atom stereocenters. The summed E-state index contributed by atoms with van der Waals surface area (Å²) in [5.41, 5.74) is 1.99. The number of carbonyl (C=O) groups excluding carboxylic acids is 1. The number of hydrogen-bond donors (Lipinski definition) is 2. The zero-order chi connectivity index (χ0) is 14.5. The number of anilines is 1. The van der Waals surface area contributed by atoms with Crippen LogP contribution < -0.4 is 5.32 Å². The van der Waals surface area contributed by atoms with E-state index in [0.29, 0.717) is 25.4 Å².